The van der Waals surface area contributed by atoms with Crippen molar-refractivity contribution in [2.75, 3.05) is 5.32 Å². The third kappa shape index (κ3) is 3.66. The molecule has 0 aromatic heterocycles. The minimum atomic E-state index is -1.05. The molecule has 0 aliphatic carbocycles. The number of anilines is 1. The summed E-state index contributed by atoms with van der Waals surface area (Å²) in [6, 6.07) is 13.8. The lowest BCUT2D eigenvalue weighted by molar-refractivity contribution is -0.126. The maximum absolute atomic E-state index is 12.6. The van der Waals surface area contributed by atoms with Gasteiger partial charge in [0.2, 0.25) is 0 Å². The molecular weight excluding hydrogens is 340 g/mol. The van der Waals surface area contributed by atoms with Gasteiger partial charge in [0.25, 0.3) is 11.1 Å². The first kappa shape index (κ1) is 17.0. The smallest absolute Gasteiger partial charge is 0.335 e. The van der Waals surface area contributed by atoms with Gasteiger partial charge in [-0.25, -0.2) is 4.79 Å². The monoisotopic (exact) mass is 356 g/mol. The number of carboxylic acids is 1. The quantitative estimate of drug-likeness (QED) is 0.855. The molecule has 0 spiro atoms. The molecule has 2 amide bonds. The predicted octanol–water partition coefficient (Wildman–Crippen LogP) is 3.33. The number of imide groups is 1. The van der Waals surface area contributed by atoms with Crippen LogP contribution in [0.15, 0.2) is 48.5 Å². The van der Waals surface area contributed by atoms with E-state index >= 15 is 0 Å². The number of rotatable bonds is 5. The number of thioether (sulfide) groups is 1. The molecule has 2 aromatic rings. The summed E-state index contributed by atoms with van der Waals surface area (Å²) in [6.45, 7) is 1.97. The predicted molar refractivity (Wildman–Crippen MR) is 95.5 cm³/mol. The van der Waals surface area contributed by atoms with E-state index in [9.17, 15) is 14.4 Å². The molecule has 7 heteroatoms. The lowest BCUT2D eigenvalue weighted by Crippen LogP contribution is -2.34. The van der Waals surface area contributed by atoms with Gasteiger partial charge in [0.1, 0.15) is 0 Å². The Labute approximate surface area is 148 Å². The van der Waals surface area contributed by atoms with E-state index in [0.29, 0.717) is 5.56 Å². The standard InChI is InChI=1S/C18H16N2O4S/c1-11-5-2-3-8-14(11)19-15-16(21)20(18(24)25-15)10-12-6-4-7-13(9-12)17(22)23/h2-9,15,19H,10H2,1H3,(H,22,23)/t15-/m1/s1. The average Bonchev–Trinajstić information content (AvgIpc) is 2.85. The Kier molecular flexibility index (Phi) is 4.76. The molecule has 1 atom stereocenters. The van der Waals surface area contributed by atoms with Crippen molar-refractivity contribution in [3.05, 3.63) is 65.2 Å². The van der Waals surface area contributed by atoms with Gasteiger partial charge in [-0.1, -0.05) is 30.3 Å². The summed E-state index contributed by atoms with van der Waals surface area (Å²) in [5.74, 6) is -1.38. The van der Waals surface area contributed by atoms with Crippen LogP contribution in [0.25, 0.3) is 0 Å². The molecule has 0 unspecified atom stereocenters. The third-order valence-electron chi connectivity index (χ3n) is 3.88. The summed E-state index contributed by atoms with van der Waals surface area (Å²) in [5.41, 5.74) is 2.50. The average molecular weight is 356 g/mol. The van der Waals surface area contributed by atoms with Crippen molar-refractivity contribution in [2.45, 2.75) is 18.8 Å². The van der Waals surface area contributed by atoms with Gasteiger partial charge in [0, 0.05) is 5.69 Å². The van der Waals surface area contributed by atoms with Crippen LogP contribution < -0.4 is 5.32 Å². The lowest BCUT2D eigenvalue weighted by atomic mass is 10.1. The molecule has 2 N–H and O–H groups in total. The highest BCUT2D eigenvalue weighted by atomic mass is 32.2. The Balaban J connectivity index is 1.74. The van der Waals surface area contributed by atoms with E-state index in [1.54, 1.807) is 12.1 Å². The number of amides is 2. The van der Waals surface area contributed by atoms with Crippen LogP contribution in [0.4, 0.5) is 10.5 Å². The number of para-hydroxylation sites is 1. The van der Waals surface area contributed by atoms with E-state index < -0.39 is 11.3 Å². The van der Waals surface area contributed by atoms with E-state index in [1.807, 2.05) is 31.2 Å². The van der Waals surface area contributed by atoms with Gasteiger partial charge in [-0.05, 0) is 48.0 Å². The topological polar surface area (TPSA) is 86.7 Å². The highest BCUT2D eigenvalue weighted by molar-refractivity contribution is 8.15. The number of hydrogen-bond acceptors (Lipinski definition) is 5. The highest BCUT2D eigenvalue weighted by Crippen LogP contribution is 2.30. The van der Waals surface area contributed by atoms with Crippen LogP contribution in [0.5, 0.6) is 0 Å². The Morgan fingerprint density at radius 2 is 1.96 bits per heavy atom. The third-order valence-corrected chi connectivity index (χ3v) is 4.85. The first-order valence-electron chi connectivity index (χ1n) is 7.62. The van der Waals surface area contributed by atoms with Crippen molar-refractivity contribution in [2.24, 2.45) is 0 Å². The normalized spacial score (nSPS) is 17.0. The first-order valence-corrected chi connectivity index (χ1v) is 8.50. The van der Waals surface area contributed by atoms with Crippen LogP contribution >= 0.6 is 11.8 Å². The molecule has 1 aliphatic rings. The summed E-state index contributed by atoms with van der Waals surface area (Å²) >= 11 is 0.925. The van der Waals surface area contributed by atoms with Gasteiger partial charge in [-0.15, -0.1) is 0 Å². The molecule has 128 valence electrons. The maximum Gasteiger partial charge on any atom is 0.335 e. The zero-order valence-corrected chi connectivity index (χ0v) is 14.2. The van der Waals surface area contributed by atoms with Crippen LogP contribution in [0.3, 0.4) is 0 Å². The number of hydrogen-bond donors (Lipinski definition) is 2. The summed E-state index contributed by atoms with van der Waals surface area (Å²) in [7, 11) is 0. The van der Waals surface area contributed by atoms with E-state index in [1.165, 1.54) is 12.1 Å². The molecule has 1 fully saturated rings. The fraction of sp³-hybridized carbons (Fsp3) is 0.167. The van der Waals surface area contributed by atoms with Gasteiger partial charge in [0.05, 0.1) is 12.1 Å². The second-order valence-electron chi connectivity index (χ2n) is 5.65. The van der Waals surface area contributed by atoms with Crippen molar-refractivity contribution in [1.29, 1.82) is 0 Å². The van der Waals surface area contributed by atoms with E-state index in [2.05, 4.69) is 5.32 Å². The summed E-state index contributed by atoms with van der Waals surface area (Å²) in [5, 5.41) is 11.1. The number of nitrogens with zero attached hydrogens (tertiary/aromatic N) is 1. The fourth-order valence-corrected chi connectivity index (χ4v) is 3.44. The summed E-state index contributed by atoms with van der Waals surface area (Å²) in [4.78, 5) is 37.0. The maximum atomic E-state index is 12.6. The van der Waals surface area contributed by atoms with Gasteiger partial charge in [-0.3, -0.25) is 14.5 Å². The van der Waals surface area contributed by atoms with Gasteiger partial charge in [0.15, 0.2) is 5.37 Å². The van der Waals surface area contributed by atoms with Crippen molar-refractivity contribution < 1.29 is 19.5 Å². The van der Waals surface area contributed by atoms with Crippen LogP contribution in [-0.4, -0.2) is 32.5 Å². The fourth-order valence-electron chi connectivity index (χ4n) is 2.54. The SMILES string of the molecule is Cc1ccccc1N[C@@H]1SC(=O)N(Cc2cccc(C(=O)O)c2)C1=O. The molecule has 25 heavy (non-hydrogen) atoms. The number of nitrogens with one attached hydrogen (secondary N) is 1. The molecule has 1 heterocycles. The molecule has 6 nitrogen and oxygen atoms in total. The highest BCUT2D eigenvalue weighted by Gasteiger charge is 2.39. The van der Waals surface area contributed by atoms with Crippen molar-refractivity contribution in [3.63, 3.8) is 0 Å². The molecule has 0 bridgehead atoms. The molecule has 0 saturated carbocycles. The number of carbonyl (C=O) groups excluding carboxylic acids is 2. The largest absolute Gasteiger partial charge is 0.478 e. The number of carbonyl (C=O) groups is 3. The first-order chi connectivity index (χ1) is 12.0. The van der Waals surface area contributed by atoms with Crippen LogP contribution in [0.1, 0.15) is 21.5 Å². The second kappa shape index (κ2) is 6.98. The van der Waals surface area contributed by atoms with Crippen LogP contribution in [-0.2, 0) is 11.3 Å². The van der Waals surface area contributed by atoms with E-state index in [4.69, 9.17) is 5.11 Å². The minimum Gasteiger partial charge on any atom is -0.478 e. The zero-order chi connectivity index (χ0) is 18.0. The Morgan fingerprint density at radius 1 is 1.20 bits per heavy atom. The molecule has 1 aliphatic heterocycles. The summed E-state index contributed by atoms with van der Waals surface area (Å²) < 4.78 is 0. The van der Waals surface area contributed by atoms with Gasteiger partial charge in [-0.2, -0.15) is 0 Å². The second-order valence-corrected chi connectivity index (χ2v) is 6.71. The Bertz CT molecular complexity index is 852. The Morgan fingerprint density at radius 3 is 2.68 bits per heavy atom. The molecule has 2 aromatic carbocycles. The number of aromatic carboxylic acids is 1. The van der Waals surface area contributed by atoms with Crippen LogP contribution in [0.2, 0.25) is 0 Å². The van der Waals surface area contributed by atoms with Crippen molar-refractivity contribution >= 4 is 34.6 Å². The van der Waals surface area contributed by atoms with E-state index in [0.717, 1.165) is 27.9 Å². The summed E-state index contributed by atoms with van der Waals surface area (Å²) in [6.07, 6.45) is 0. The van der Waals surface area contributed by atoms with Crippen molar-refractivity contribution in [3.8, 4) is 0 Å². The molecule has 1 saturated heterocycles. The van der Waals surface area contributed by atoms with Gasteiger partial charge < -0.3 is 10.4 Å². The molecule has 0 radical (unpaired) electrons. The number of carboxylic acid groups (broad SMARTS) is 1. The van der Waals surface area contributed by atoms with E-state index in [-0.39, 0.29) is 23.3 Å². The number of aryl methyl sites for hydroxylation is 1. The minimum absolute atomic E-state index is 0.0533. The zero-order valence-electron chi connectivity index (χ0n) is 13.4. The van der Waals surface area contributed by atoms with Crippen LogP contribution in [0, 0.1) is 6.92 Å². The molecule has 3 rings (SSSR count). The molecular formula is C18H16N2O4S. The lowest BCUT2D eigenvalue weighted by Gasteiger charge is -2.16. The Hall–Kier alpha value is -2.80. The van der Waals surface area contributed by atoms with Crippen molar-refractivity contribution in [1.82, 2.24) is 4.90 Å². The van der Waals surface area contributed by atoms with Gasteiger partial charge >= 0.3 is 5.97 Å². The number of benzene rings is 2.